The van der Waals surface area contributed by atoms with Gasteiger partial charge in [0.15, 0.2) is 0 Å². The summed E-state index contributed by atoms with van der Waals surface area (Å²) < 4.78 is 0. The van der Waals surface area contributed by atoms with Gasteiger partial charge >= 0.3 is 0 Å². The first-order chi connectivity index (χ1) is 8.72. The van der Waals surface area contributed by atoms with E-state index in [4.69, 9.17) is 5.73 Å². The number of benzene rings is 1. The van der Waals surface area contributed by atoms with Crippen LogP contribution in [-0.2, 0) is 6.42 Å². The molecule has 0 aliphatic heterocycles. The van der Waals surface area contributed by atoms with Crippen LogP contribution in [0.2, 0.25) is 0 Å². The molecule has 0 amide bonds. The van der Waals surface area contributed by atoms with E-state index >= 15 is 0 Å². The fourth-order valence-electron chi connectivity index (χ4n) is 1.85. The summed E-state index contributed by atoms with van der Waals surface area (Å²) in [6.45, 7) is 1.94. The molecular weight excluding hydrogens is 244 g/mol. The van der Waals surface area contributed by atoms with Crippen molar-refractivity contribution >= 4 is 22.4 Å². The third-order valence-electron chi connectivity index (χ3n) is 2.79. The van der Waals surface area contributed by atoms with Crippen molar-refractivity contribution in [2.45, 2.75) is 19.4 Å². The molecule has 0 spiro atoms. The van der Waals surface area contributed by atoms with Gasteiger partial charge in [0.05, 0.1) is 23.1 Å². The van der Waals surface area contributed by atoms with Crippen molar-refractivity contribution in [1.29, 1.82) is 0 Å². The molecular formula is C13H14N4S. The lowest BCUT2D eigenvalue weighted by Gasteiger charge is -1.97. The number of thiazole rings is 1. The Labute approximate surface area is 109 Å². The number of aromatic amines is 1. The number of nitrogens with zero attached hydrogens (tertiary/aromatic N) is 2. The highest BCUT2D eigenvalue weighted by Crippen LogP contribution is 2.18. The highest BCUT2D eigenvalue weighted by Gasteiger charge is 2.08. The van der Waals surface area contributed by atoms with Crippen LogP contribution >= 0.6 is 11.3 Å². The Balaban J connectivity index is 1.86. The van der Waals surface area contributed by atoms with Gasteiger partial charge in [0, 0.05) is 11.4 Å². The molecule has 2 heterocycles. The number of rotatable bonds is 3. The molecule has 3 rings (SSSR count). The average Bonchev–Trinajstić information content (AvgIpc) is 2.94. The second-order valence-electron chi connectivity index (χ2n) is 4.33. The van der Waals surface area contributed by atoms with E-state index in [0.29, 0.717) is 0 Å². The van der Waals surface area contributed by atoms with Gasteiger partial charge in [-0.3, -0.25) is 0 Å². The van der Waals surface area contributed by atoms with Crippen molar-refractivity contribution < 1.29 is 0 Å². The fraction of sp³-hybridized carbons (Fsp3) is 0.231. The summed E-state index contributed by atoms with van der Waals surface area (Å²) in [5, 5.41) is 3.06. The molecule has 3 aromatic rings. The highest BCUT2D eigenvalue weighted by atomic mass is 32.1. The first-order valence-electron chi connectivity index (χ1n) is 5.86. The summed E-state index contributed by atoms with van der Waals surface area (Å²) in [5.41, 5.74) is 8.82. The third-order valence-corrected chi connectivity index (χ3v) is 3.66. The predicted octanol–water partition coefficient (Wildman–Crippen LogP) is 2.63. The lowest BCUT2D eigenvalue weighted by Crippen LogP contribution is -2.05. The summed E-state index contributed by atoms with van der Waals surface area (Å²) >= 11 is 1.63. The molecule has 1 atom stereocenters. The zero-order valence-corrected chi connectivity index (χ0v) is 10.9. The van der Waals surface area contributed by atoms with Gasteiger partial charge in [-0.15, -0.1) is 11.3 Å². The quantitative estimate of drug-likeness (QED) is 0.759. The molecule has 0 saturated heterocycles. The van der Waals surface area contributed by atoms with Crippen molar-refractivity contribution in [2.75, 3.05) is 0 Å². The van der Waals surface area contributed by atoms with E-state index in [9.17, 15) is 0 Å². The number of para-hydroxylation sites is 2. The second kappa shape index (κ2) is 4.51. The molecule has 0 saturated carbocycles. The maximum atomic E-state index is 5.80. The van der Waals surface area contributed by atoms with E-state index in [1.807, 2.05) is 36.6 Å². The monoisotopic (exact) mass is 258 g/mol. The van der Waals surface area contributed by atoms with Crippen LogP contribution in [0.1, 0.15) is 29.5 Å². The van der Waals surface area contributed by atoms with E-state index in [1.54, 1.807) is 11.3 Å². The van der Waals surface area contributed by atoms with Crippen LogP contribution in [0, 0.1) is 0 Å². The molecule has 2 aromatic heterocycles. The first-order valence-corrected chi connectivity index (χ1v) is 6.74. The molecule has 0 aliphatic rings. The number of H-pyrrole nitrogens is 1. The Kier molecular flexibility index (Phi) is 2.85. The summed E-state index contributed by atoms with van der Waals surface area (Å²) in [4.78, 5) is 12.4. The second-order valence-corrected chi connectivity index (χ2v) is 5.27. The Morgan fingerprint density at radius 3 is 2.89 bits per heavy atom. The van der Waals surface area contributed by atoms with Gasteiger partial charge in [-0.1, -0.05) is 12.1 Å². The zero-order valence-electron chi connectivity index (χ0n) is 10.1. The molecule has 1 aromatic carbocycles. The van der Waals surface area contributed by atoms with Crippen LogP contribution < -0.4 is 5.73 Å². The van der Waals surface area contributed by atoms with E-state index in [2.05, 4.69) is 15.0 Å². The Hall–Kier alpha value is -1.72. The Bertz CT molecular complexity index is 635. The van der Waals surface area contributed by atoms with Gasteiger partial charge < -0.3 is 10.7 Å². The van der Waals surface area contributed by atoms with E-state index in [-0.39, 0.29) is 6.04 Å². The molecule has 0 fully saturated rings. The average molecular weight is 258 g/mol. The van der Waals surface area contributed by atoms with Crippen molar-refractivity contribution in [2.24, 2.45) is 5.73 Å². The molecule has 0 aliphatic carbocycles. The minimum Gasteiger partial charge on any atom is -0.342 e. The van der Waals surface area contributed by atoms with E-state index in [1.165, 1.54) is 0 Å². The molecule has 3 N–H and O–H groups in total. The lowest BCUT2D eigenvalue weighted by molar-refractivity contribution is 0.782. The topological polar surface area (TPSA) is 67.6 Å². The van der Waals surface area contributed by atoms with Gasteiger partial charge in [-0.25, -0.2) is 9.97 Å². The normalized spacial score (nSPS) is 13.0. The first kappa shape index (κ1) is 11.4. The van der Waals surface area contributed by atoms with E-state index < -0.39 is 0 Å². The maximum absolute atomic E-state index is 5.80. The van der Waals surface area contributed by atoms with Crippen LogP contribution in [0.3, 0.4) is 0 Å². The van der Waals surface area contributed by atoms with Crippen LogP contribution in [0.15, 0.2) is 29.6 Å². The summed E-state index contributed by atoms with van der Waals surface area (Å²) in [6.07, 6.45) is 0.728. The standard InChI is InChI=1S/C13H14N4S/c1-8(14)11-7-18-13(17-11)6-12-15-9-4-2-3-5-10(9)16-12/h2-5,7-8H,6,14H2,1H3,(H,15,16). The zero-order chi connectivity index (χ0) is 12.5. The van der Waals surface area contributed by atoms with Gasteiger partial charge in [0.2, 0.25) is 0 Å². The Morgan fingerprint density at radius 2 is 2.17 bits per heavy atom. The van der Waals surface area contributed by atoms with Crippen LogP contribution in [0.4, 0.5) is 0 Å². The largest absolute Gasteiger partial charge is 0.342 e. The van der Waals surface area contributed by atoms with Gasteiger partial charge in [-0.05, 0) is 19.1 Å². The summed E-state index contributed by atoms with van der Waals surface area (Å²) in [6, 6.07) is 8.02. The van der Waals surface area contributed by atoms with Crippen LogP contribution in [-0.4, -0.2) is 15.0 Å². The molecule has 18 heavy (non-hydrogen) atoms. The van der Waals surface area contributed by atoms with Gasteiger partial charge in [0.25, 0.3) is 0 Å². The smallest absolute Gasteiger partial charge is 0.114 e. The minimum atomic E-state index is -0.00864. The summed E-state index contributed by atoms with van der Waals surface area (Å²) in [7, 11) is 0. The van der Waals surface area contributed by atoms with Crippen molar-refractivity contribution in [3.05, 3.63) is 46.2 Å². The number of imidazole rings is 1. The van der Waals surface area contributed by atoms with Crippen LogP contribution in [0.25, 0.3) is 11.0 Å². The number of hydrogen-bond acceptors (Lipinski definition) is 4. The molecule has 4 nitrogen and oxygen atoms in total. The van der Waals surface area contributed by atoms with E-state index in [0.717, 1.165) is 34.0 Å². The fourth-order valence-corrected chi connectivity index (χ4v) is 2.75. The van der Waals surface area contributed by atoms with Crippen LogP contribution in [0.5, 0.6) is 0 Å². The third kappa shape index (κ3) is 2.14. The van der Waals surface area contributed by atoms with Gasteiger partial charge in [-0.2, -0.15) is 0 Å². The molecule has 1 unspecified atom stereocenters. The van der Waals surface area contributed by atoms with Crippen molar-refractivity contribution in [1.82, 2.24) is 15.0 Å². The van der Waals surface area contributed by atoms with Crippen molar-refractivity contribution in [3.63, 3.8) is 0 Å². The van der Waals surface area contributed by atoms with Gasteiger partial charge in [0.1, 0.15) is 10.8 Å². The predicted molar refractivity (Wildman–Crippen MR) is 73.6 cm³/mol. The highest BCUT2D eigenvalue weighted by molar-refractivity contribution is 7.09. The SMILES string of the molecule is CC(N)c1csc(Cc2nc3ccccc3[nH]2)n1. The Morgan fingerprint density at radius 1 is 1.33 bits per heavy atom. The lowest BCUT2D eigenvalue weighted by atomic mass is 10.3. The molecule has 5 heteroatoms. The number of aromatic nitrogens is 3. The number of fused-ring (bicyclic) bond motifs is 1. The number of nitrogens with two attached hydrogens (primary N) is 1. The number of hydrogen-bond donors (Lipinski definition) is 2. The number of nitrogens with one attached hydrogen (secondary N) is 1. The molecule has 0 radical (unpaired) electrons. The summed E-state index contributed by atoms with van der Waals surface area (Å²) in [5.74, 6) is 0.946. The minimum absolute atomic E-state index is 0.00864. The molecule has 0 bridgehead atoms. The van der Waals surface area contributed by atoms with Crippen molar-refractivity contribution in [3.8, 4) is 0 Å². The maximum Gasteiger partial charge on any atom is 0.114 e. The molecule has 92 valence electrons.